The molecule has 0 radical (unpaired) electrons. The van der Waals surface area contributed by atoms with E-state index in [1.807, 2.05) is 19.2 Å². The minimum atomic E-state index is -3.48. The van der Waals surface area contributed by atoms with E-state index in [-0.39, 0.29) is 4.90 Å². The fourth-order valence-corrected chi connectivity index (χ4v) is 3.14. The maximum Gasteiger partial charge on any atom is 0.240 e. The first kappa shape index (κ1) is 15.5. The summed E-state index contributed by atoms with van der Waals surface area (Å²) in [6, 6.07) is 6.65. The fraction of sp³-hybridized carbons (Fsp3) is 0.357. The van der Waals surface area contributed by atoms with E-state index in [0.29, 0.717) is 25.3 Å². The Morgan fingerprint density at radius 2 is 2.19 bits per heavy atom. The van der Waals surface area contributed by atoms with Gasteiger partial charge < -0.3 is 4.74 Å². The number of rotatable bonds is 7. The van der Waals surface area contributed by atoms with Gasteiger partial charge in [-0.05, 0) is 43.2 Å². The number of nitrogens with zero attached hydrogens (tertiary/aromatic N) is 2. The van der Waals surface area contributed by atoms with Gasteiger partial charge in [-0.2, -0.15) is 5.10 Å². The fourth-order valence-electron chi connectivity index (χ4n) is 1.98. The normalized spacial score (nSPS) is 11.5. The van der Waals surface area contributed by atoms with E-state index in [0.717, 1.165) is 5.56 Å². The summed E-state index contributed by atoms with van der Waals surface area (Å²) >= 11 is 0. The van der Waals surface area contributed by atoms with Crippen LogP contribution in [0.4, 0.5) is 0 Å². The summed E-state index contributed by atoms with van der Waals surface area (Å²) in [4.78, 5) is 0.250. The highest BCUT2D eigenvalue weighted by molar-refractivity contribution is 7.89. The van der Waals surface area contributed by atoms with Crippen LogP contribution in [0.25, 0.3) is 0 Å². The second kappa shape index (κ2) is 6.73. The number of benzene rings is 1. The quantitative estimate of drug-likeness (QED) is 0.788. The topological polar surface area (TPSA) is 73.2 Å². The van der Waals surface area contributed by atoms with Crippen molar-refractivity contribution >= 4 is 10.0 Å². The lowest BCUT2D eigenvalue weighted by molar-refractivity contribution is 0.411. The average molecular weight is 309 g/mol. The third-order valence-corrected chi connectivity index (χ3v) is 4.55. The van der Waals surface area contributed by atoms with Crippen LogP contribution in [0.1, 0.15) is 12.0 Å². The molecule has 1 N–H and O–H groups in total. The molecule has 0 atom stereocenters. The SMILES string of the molecule is COc1ccc(S(=O)(=O)NCCCn2cccn2)cc1C. The van der Waals surface area contributed by atoms with Crippen molar-refractivity contribution in [3.8, 4) is 5.75 Å². The summed E-state index contributed by atoms with van der Waals surface area (Å²) in [5, 5.41) is 4.06. The van der Waals surface area contributed by atoms with E-state index in [1.54, 1.807) is 36.2 Å². The maximum absolute atomic E-state index is 12.2. The molecule has 6 nitrogen and oxygen atoms in total. The van der Waals surface area contributed by atoms with Gasteiger partial charge in [0.1, 0.15) is 5.75 Å². The molecule has 114 valence electrons. The molecular formula is C14H19N3O3S. The van der Waals surface area contributed by atoms with E-state index in [4.69, 9.17) is 4.74 Å². The Morgan fingerprint density at radius 1 is 1.38 bits per heavy atom. The molecule has 1 heterocycles. The molecule has 0 spiro atoms. The van der Waals surface area contributed by atoms with Gasteiger partial charge in [-0.1, -0.05) is 0 Å². The predicted octanol–water partition coefficient (Wildman–Crippen LogP) is 1.57. The van der Waals surface area contributed by atoms with E-state index in [9.17, 15) is 8.42 Å². The van der Waals surface area contributed by atoms with Gasteiger partial charge in [-0.3, -0.25) is 4.68 Å². The third-order valence-electron chi connectivity index (χ3n) is 3.09. The van der Waals surface area contributed by atoms with Crippen LogP contribution in [0.3, 0.4) is 0 Å². The van der Waals surface area contributed by atoms with Crippen LogP contribution in [-0.4, -0.2) is 31.9 Å². The van der Waals surface area contributed by atoms with Gasteiger partial charge in [0, 0.05) is 25.5 Å². The number of hydrogen-bond acceptors (Lipinski definition) is 4. The van der Waals surface area contributed by atoms with Gasteiger partial charge in [0.2, 0.25) is 10.0 Å². The van der Waals surface area contributed by atoms with Gasteiger partial charge in [0.05, 0.1) is 12.0 Å². The molecule has 7 heteroatoms. The zero-order valence-corrected chi connectivity index (χ0v) is 12.9. The number of methoxy groups -OCH3 is 1. The highest BCUT2D eigenvalue weighted by Crippen LogP contribution is 2.21. The minimum absolute atomic E-state index is 0.250. The molecule has 1 aromatic carbocycles. The minimum Gasteiger partial charge on any atom is -0.496 e. The Balaban J connectivity index is 1.93. The van der Waals surface area contributed by atoms with Crippen molar-refractivity contribution < 1.29 is 13.2 Å². The molecule has 0 aliphatic rings. The van der Waals surface area contributed by atoms with E-state index < -0.39 is 10.0 Å². The number of aromatic nitrogens is 2. The van der Waals surface area contributed by atoms with Crippen LogP contribution in [0, 0.1) is 6.92 Å². The predicted molar refractivity (Wildman–Crippen MR) is 79.8 cm³/mol. The highest BCUT2D eigenvalue weighted by atomic mass is 32.2. The number of hydrogen-bond donors (Lipinski definition) is 1. The molecule has 2 aromatic rings. The second-order valence-corrected chi connectivity index (χ2v) is 6.42. The number of ether oxygens (including phenoxy) is 1. The van der Waals surface area contributed by atoms with Crippen LogP contribution in [0.5, 0.6) is 5.75 Å². The van der Waals surface area contributed by atoms with Gasteiger partial charge in [-0.15, -0.1) is 0 Å². The van der Waals surface area contributed by atoms with Crippen molar-refractivity contribution in [2.24, 2.45) is 0 Å². The number of sulfonamides is 1. The Labute approximate surface area is 124 Å². The summed E-state index contributed by atoms with van der Waals surface area (Å²) in [5.74, 6) is 0.674. The number of aryl methyl sites for hydroxylation is 2. The lowest BCUT2D eigenvalue weighted by atomic mass is 10.2. The molecule has 0 fully saturated rings. The van der Waals surface area contributed by atoms with Crippen molar-refractivity contribution in [2.75, 3.05) is 13.7 Å². The standard InChI is InChI=1S/C14H19N3O3S/c1-12-11-13(5-6-14(12)20-2)21(18,19)16-8-4-10-17-9-3-7-15-17/h3,5-7,9,11,16H,4,8,10H2,1-2H3. The first-order valence-electron chi connectivity index (χ1n) is 6.64. The van der Waals surface area contributed by atoms with Crippen LogP contribution in [0.2, 0.25) is 0 Å². The third kappa shape index (κ3) is 4.05. The van der Waals surface area contributed by atoms with Crippen LogP contribution in [-0.2, 0) is 16.6 Å². The van der Waals surface area contributed by atoms with E-state index >= 15 is 0 Å². The molecule has 2 rings (SSSR count). The van der Waals surface area contributed by atoms with Gasteiger partial charge in [0.15, 0.2) is 0 Å². The molecule has 0 unspecified atom stereocenters. The summed E-state index contributed by atoms with van der Waals surface area (Å²) in [5.41, 5.74) is 0.789. The molecular weight excluding hydrogens is 290 g/mol. The largest absolute Gasteiger partial charge is 0.496 e. The zero-order valence-electron chi connectivity index (χ0n) is 12.1. The Kier molecular flexibility index (Phi) is 4.98. The Bertz CT molecular complexity index is 681. The molecule has 1 aromatic heterocycles. The molecule has 0 saturated heterocycles. The van der Waals surface area contributed by atoms with Gasteiger partial charge >= 0.3 is 0 Å². The lowest BCUT2D eigenvalue weighted by Crippen LogP contribution is -2.25. The van der Waals surface area contributed by atoms with Crippen LogP contribution < -0.4 is 9.46 Å². The monoisotopic (exact) mass is 309 g/mol. The van der Waals surface area contributed by atoms with Crippen molar-refractivity contribution in [2.45, 2.75) is 24.8 Å². The van der Waals surface area contributed by atoms with E-state index in [2.05, 4.69) is 9.82 Å². The molecule has 0 saturated carbocycles. The summed E-state index contributed by atoms with van der Waals surface area (Å²) in [6.07, 6.45) is 4.22. The molecule has 0 amide bonds. The molecule has 0 bridgehead atoms. The second-order valence-electron chi connectivity index (χ2n) is 4.65. The zero-order chi connectivity index (χ0) is 15.3. The molecule has 0 aliphatic heterocycles. The first-order valence-corrected chi connectivity index (χ1v) is 8.13. The van der Waals surface area contributed by atoms with Crippen molar-refractivity contribution in [1.29, 1.82) is 0 Å². The van der Waals surface area contributed by atoms with Crippen molar-refractivity contribution in [1.82, 2.24) is 14.5 Å². The highest BCUT2D eigenvalue weighted by Gasteiger charge is 2.14. The van der Waals surface area contributed by atoms with Crippen LogP contribution in [0.15, 0.2) is 41.6 Å². The Morgan fingerprint density at radius 3 is 2.81 bits per heavy atom. The molecule has 0 aliphatic carbocycles. The summed E-state index contributed by atoms with van der Waals surface area (Å²) < 4.78 is 33.8. The van der Waals surface area contributed by atoms with Gasteiger partial charge in [0.25, 0.3) is 0 Å². The maximum atomic E-state index is 12.2. The number of nitrogens with one attached hydrogen (secondary N) is 1. The average Bonchev–Trinajstić information content (AvgIpc) is 2.97. The summed E-state index contributed by atoms with van der Waals surface area (Å²) in [6.45, 7) is 2.86. The lowest BCUT2D eigenvalue weighted by Gasteiger charge is -2.09. The van der Waals surface area contributed by atoms with Gasteiger partial charge in [-0.25, -0.2) is 13.1 Å². The van der Waals surface area contributed by atoms with Crippen LogP contribution >= 0.6 is 0 Å². The first-order chi connectivity index (χ1) is 10.0. The smallest absolute Gasteiger partial charge is 0.240 e. The summed E-state index contributed by atoms with van der Waals surface area (Å²) in [7, 11) is -1.92. The van der Waals surface area contributed by atoms with Crippen molar-refractivity contribution in [3.05, 3.63) is 42.2 Å². The van der Waals surface area contributed by atoms with E-state index in [1.165, 1.54) is 0 Å². The van der Waals surface area contributed by atoms with Crippen molar-refractivity contribution in [3.63, 3.8) is 0 Å². The molecule has 21 heavy (non-hydrogen) atoms. The Hall–Kier alpha value is -1.86.